The first kappa shape index (κ1) is 20.7. The number of methoxy groups -OCH3 is 1. The number of sulfonamides is 1. The van der Waals surface area contributed by atoms with Gasteiger partial charge in [-0.05, 0) is 42.8 Å². The summed E-state index contributed by atoms with van der Waals surface area (Å²) in [4.78, 5) is 23.9. The number of carbonyl (C=O) groups is 2. The predicted octanol–water partition coefficient (Wildman–Crippen LogP) is 2.10. The molecule has 27 heavy (non-hydrogen) atoms. The molecule has 1 amide bonds. The number of benzene rings is 2. The van der Waals surface area contributed by atoms with Crippen LogP contribution in [0.3, 0.4) is 0 Å². The van der Waals surface area contributed by atoms with E-state index in [1.807, 2.05) is 13.0 Å². The minimum atomic E-state index is -4.02. The first-order valence-corrected chi connectivity index (χ1v) is 9.48. The number of rotatable bonds is 6. The molecule has 0 aliphatic heterocycles. The van der Waals surface area contributed by atoms with E-state index in [0.717, 1.165) is 17.7 Å². The standard InChI is InChI=1S/C17H17ClN2O6S/c1-10-3-6-15(25-2)14(7-10)20-16(21)9-26-17(22)12-8-11(27(19,23)24)4-5-13(12)18/h3-8H,9H2,1-2H3,(H,20,21)(H2,19,23,24). The molecule has 0 heterocycles. The van der Waals surface area contributed by atoms with Crippen LogP contribution in [0.4, 0.5) is 5.69 Å². The highest BCUT2D eigenvalue weighted by atomic mass is 35.5. The summed E-state index contributed by atoms with van der Waals surface area (Å²) >= 11 is 5.89. The van der Waals surface area contributed by atoms with Crippen molar-refractivity contribution < 1.29 is 27.5 Å². The number of aryl methyl sites for hydroxylation is 1. The molecule has 0 aliphatic carbocycles. The lowest BCUT2D eigenvalue weighted by Crippen LogP contribution is -2.21. The van der Waals surface area contributed by atoms with E-state index in [2.05, 4.69) is 5.32 Å². The summed E-state index contributed by atoms with van der Waals surface area (Å²) in [7, 11) is -2.56. The highest BCUT2D eigenvalue weighted by Gasteiger charge is 2.18. The van der Waals surface area contributed by atoms with E-state index in [9.17, 15) is 18.0 Å². The number of amides is 1. The Morgan fingerprint density at radius 3 is 2.52 bits per heavy atom. The highest BCUT2D eigenvalue weighted by molar-refractivity contribution is 7.89. The van der Waals surface area contributed by atoms with Crippen molar-refractivity contribution in [2.24, 2.45) is 5.14 Å². The number of nitrogens with two attached hydrogens (primary N) is 1. The summed E-state index contributed by atoms with van der Waals surface area (Å²) in [5.41, 5.74) is 1.10. The second-order valence-electron chi connectivity index (χ2n) is 5.51. The van der Waals surface area contributed by atoms with Gasteiger partial charge in [0.1, 0.15) is 5.75 Å². The Hall–Kier alpha value is -2.62. The van der Waals surface area contributed by atoms with Crippen LogP contribution in [0.15, 0.2) is 41.3 Å². The first-order valence-electron chi connectivity index (χ1n) is 7.56. The molecule has 0 spiro atoms. The van der Waals surface area contributed by atoms with Crippen molar-refractivity contribution in [3.8, 4) is 5.75 Å². The van der Waals surface area contributed by atoms with Crippen molar-refractivity contribution in [3.05, 3.63) is 52.5 Å². The molecule has 0 aromatic heterocycles. The Morgan fingerprint density at radius 1 is 1.19 bits per heavy atom. The molecule has 3 N–H and O–H groups in total. The van der Waals surface area contributed by atoms with Crippen molar-refractivity contribution >= 4 is 39.2 Å². The zero-order valence-electron chi connectivity index (χ0n) is 14.5. The molecule has 0 bridgehead atoms. The fourth-order valence-corrected chi connectivity index (χ4v) is 2.89. The second-order valence-corrected chi connectivity index (χ2v) is 7.48. The number of hydrogen-bond donors (Lipinski definition) is 2. The number of halogens is 1. The number of primary sulfonamides is 1. The lowest BCUT2D eigenvalue weighted by molar-refractivity contribution is -0.119. The fourth-order valence-electron chi connectivity index (χ4n) is 2.15. The number of carbonyl (C=O) groups excluding carboxylic acids is 2. The molecule has 0 aliphatic rings. The molecule has 0 atom stereocenters. The van der Waals surface area contributed by atoms with Crippen molar-refractivity contribution in [3.63, 3.8) is 0 Å². The molecule has 0 saturated carbocycles. The zero-order chi connectivity index (χ0) is 20.2. The molecule has 144 valence electrons. The molecule has 8 nitrogen and oxygen atoms in total. The molecule has 10 heteroatoms. The Kier molecular flexibility index (Phi) is 6.42. The smallest absolute Gasteiger partial charge is 0.340 e. The molecule has 0 unspecified atom stereocenters. The van der Waals surface area contributed by atoms with E-state index < -0.39 is 28.5 Å². The van der Waals surface area contributed by atoms with E-state index in [4.69, 9.17) is 26.2 Å². The molecule has 0 radical (unpaired) electrons. The van der Waals surface area contributed by atoms with Crippen LogP contribution in [-0.2, 0) is 19.6 Å². The maximum atomic E-state index is 12.1. The number of ether oxygens (including phenoxy) is 2. The van der Waals surface area contributed by atoms with Gasteiger partial charge in [0, 0.05) is 0 Å². The van der Waals surface area contributed by atoms with Gasteiger partial charge in [0.15, 0.2) is 6.61 Å². The van der Waals surface area contributed by atoms with Gasteiger partial charge < -0.3 is 14.8 Å². The Morgan fingerprint density at radius 2 is 1.89 bits per heavy atom. The summed E-state index contributed by atoms with van der Waals surface area (Å²) in [6, 6.07) is 8.55. The quantitative estimate of drug-likeness (QED) is 0.700. The Balaban J connectivity index is 2.08. The van der Waals surface area contributed by atoms with E-state index in [1.165, 1.54) is 13.2 Å². The van der Waals surface area contributed by atoms with Crippen LogP contribution in [0.1, 0.15) is 15.9 Å². The highest BCUT2D eigenvalue weighted by Crippen LogP contribution is 2.25. The van der Waals surface area contributed by atoms with Gasteiger partial charge in [-0.3, -0.25) is 4.79 Å². The van der Waals surface area contributed by atoms with Gasteiger partial charge in [0.2, 0.25) is 10.0 Å². The van der Waals surface area contributed by atoms with Crippen LogP contribution >= 0.6 is 11.6 Å². The lowest BCUT2D eigenvalue weighted by Gasteiger charge is -2.11. The molecule has 0 saturated heterocycles. The third-order valence-corrected chi connectivity index (χ3v) is 4.69. The van der Waals surface area contributed by atoms with Crippen LogP contribution < -0.4 is 15.2 Å². The molecule has 2 rings (SSSR count). The average Bonchev–Trinajstić information content (AvgIpc) is 2.59. The first-order chi connectivity index (χ1) is 12.6. The Labute approximate surface area is 161 Å². The van der Waals surface area contributed by atoms with E-state index in [1.54, 1.807) is 12.1 Å². The lowest BCUT2D eigenvalue weighted by atomic mass is 10.2. The molecule has 2 aromatic rings. The summed E-state index contributed by atoms with van der Waals surface area (Å²) in [5.74, 6) is -1.12. The minimum absolute atomic E-state index is 0.0341. The molecule has 2 aromatic carbocycles. The number of hydrogen-bond acceptors (Lipinski definition) is 6. The third kappa shape index (κ3) is 5.43. The second kappa shape index (κ2) is 8.38. The van der Waals surface area contributed by atoms with Crippen LogP contribution in [0.25, 0.3) is 0 Å². The fraction of sp³-hybridized carbons (Fsp3) is 0.176. The van der Waals surface area contributed by atoms with Crippen molar-refractivity contribution in [1.82, 2.24) is 0 Å². The maximum Gasteiger partial charge on any atom is 0.340 e. The topological polar surface area (TPSA) is 125 Å². The van der Waals surface area contributed by atoms with Gasteiger partial charge in [-0.25, -0.2) is 18.4 Å². The van der Waals surface area contributed by atoms with Gasteiger partial charge in [-0.2, -0.15) is 0 Å². The van der Waals surface area contributed by atoms with Gasteiger partial charge >= 0.3 is 5.97 Å². The molecular weight excluding hydrogens is 396 g/mol. The summed E-state index contributed by atoms with van der Waals surface area (Å²) in [5, 5.41) is 7.56. The van der Waals surface area contributed by atoms with Gasteiger partial charge in [-0.15, -0.1) is 0 Å². The van der Waals surface area contributed by atoms with Crippen molar-refractivity contribution in [2.75, 3.05) is 19.0 Å². The monoisotopic (exact) mass is 412 g/mol. The SMILES string of the molecule is COc1ccc(C)cc1NC(=O)COC(=O)c1cc(S(N)(=O)=O)ccc1Cl. The number of anilines is 1. The normalized spacial score (nSPS) is 11.0. The number of nitrogens with one attached hydrogen (secondary N) is 1. The largest absolute Gasteiger partial charge is 0.495 e. The van der Waals surface area contributed by atoms with Crippen molar-refractivity contribution in [1.29, 1.82) is 0 Å². The summed E-state index contributed by atoms with van der Waals surface area (Å²) in [6.07, 6.45) is 0. The predicted molar refractivity (Wildman–Crippen MR) is 99.5 cm³/mol. The van der Waals surface area contributed by atoms with Crippen LogP contribution in [0, 0.1) is 6.92 Å². The van der Waals surface area contributed by atoms with Crippen molar-refractivity contribution in [2.45, 2.75) is 11.8 Å². The van der Waals surface area contributed by atoms with Crippen LogP contribution in [0.2, 0.25) is 5.02 Å². The van der Waals surface area contributed by atoms with Crippen LogP contribution in [-0.4, -0.2) is 34.0 Å². The molecular formula is C17H17ClN2O6S. The van der Waals surface area contributed by atoms with E-state index in [0.29, 0.717) is 11.4 Å². The number of esters is 1. The van der Waals surface area contributed by atoms with E-state index in [-0.39, 0.29) is 15.5 Å². The van der Waals surface area contributed by atoms with Gasteiger partial charge in [-0.1, -0.05) is 17.7 Å². The van der Waals surface area contributed by atoms with Crippen LogP contribution in [0.5, 0.6) is 5.75 Å². The van der Waals surface area contributed by atoms with Gasteiger partial charge in [0.25, 0.3) is 5.91 Å². The maximum absolute atomic E-state index is 12.1. The van der Waals surface area contributed by atoms with Gasteiger partial charge in [0.05, 0.1) is 28.3 Å². The Bertz CT molecular complexity index is 991. The average molecular weight is 413 g/mol. The summed E-state index contributed by atoms with van der Waals surface area (Å²) in [6.45, 7) is 1.24. The summed E-state index contributed by atoms with van der Waals surface area (Å²) < 4.78 is 32.8. The molecule has 0 fully saturated rings. The minimum Gasteiger partial charge on any atom is -0.495 e. The van der Waals surface area contributed by atoms with E-state index >= 15 is 0 Å². The third-order valence-electron chi connectivity index (χ3n) is 3.45. The zero-order valence-corrected chi connectivity index (χ0v) is 16.1.